The molecule has 2 fully saturated rings. The highest BCUT2D eigenvalue weighted by Crippen LogP contribution is 2.30. The highest BCUT2D eigenvalue weighted by Gasteiger charge is 2.41. The minimum atomic E-state index is -0.214. The third-order valence-electron chi connectivity index (χ3n) is 2.67. The second kappa shape index (κ2) is 3.01. The van der Waals surface area contributed by atoms with Crippen molar-refractivity contribution < 1.29 is 9.59 Å². The highest BCUT2D eigenvalue weighted by atomic mass is 16.2. The molecule has 2 aliphatic rings. The Bertz CT molecular complexity index is 248. The maximum Gasteiger partial charge on any atom is 0.243 e. The maximum atomic E-state index is 11.5. The molecule has 4 nitrogen and oxygen atoms in total. The molecule has 13 heavy (non-hydrogen) atoms. The van der Waals surface area contributed by atoms with Crippen LogP contribution in [0.25, 0.3) is 0 Å². The molecule has 1 N–H and O–H groups in total. The molecule has 1 saturated heterocycles. The summed E-state index contributed by atoms with van der Waals surface area (Å²) in [5.41, 5.74) is 0. The molecule has 1 aliphatic carbocycles. The van der Waals surface area contributed by atoms with Crippen molar-refractivity contribution in [3.63, 3.8) is 0 Å². The van der Waals surface area contributed by atoms with E-state index in [1.165, 1.54) is 0 Å². The van der Waals surface area contributed by atoms with E-state index >= 15 is 0 Å². The summed E-state index contributed by atoms with van der Waals surface area (Å²) in [6, 6.07) is 0.136. The number of hydrogen-bond acceptors (Lipinski definition) is 2. The van der Waals surface area contributed by atoms with Crippen molar-refractivity contribution in [3.8, 4) is 0 Å². The van der Waals surface area contributed by atoms with Crippen LogP contribution in [0, 0.1) is 0 Å². The number of rotatable bonds is 2. The first-order chi connectivity index (χ1) is 6.24. The summed E-state index contributed by atoms with van der Waals surface area (Å²) in [7, 11) is 0. The molecule has 0 spiro atoms. The monoisotopic (exact) mass is 182 g/mol. The smallest absolute Gasteiger partial charge is 0.243 e. The second-order valence-electron chi connectivity index (χ2n) is 3.67. The average Bonchev–Trinajstić information content (AvgIpc) is 2.91. The van der Waals surface area contributed by atoms with Crippen LogP contribution in [0.4, 0.5) is 0 Å². The summed E-state index contributed by atoms with van der Waals surface area (Å²) < 4.78 is 0. The van der Waals surface area contributed by atoms with Gasteiger partial charge in [-0.3, -0.25) is 9.59 Å². The summed E-state index contributed by atoms with van der Waals surface area (Å²) in [5.74, 6) is 0.0861. The molecule has 0 aromatic heterocycles. The number of piperazine rings is 1. The fourth-order valence-corrected chi connectivity index (χ4v) is 1.86. The Labute approximate surface area is 77.3 Å². The van der Waals surface area contributed by atoms with E-state index in [0.29, 0.717) is 12.5 Å². The van der Waals surface area contributed by atoms with E-state index < -0.39 is 0 Å². The van der Waals surface area contributed by atoms with E-state index in [4.69, 9.17) is 0 Å². The Hall–Kier alpha value is -1.06. The van der Waals surface area contributed by atoms with E-state index in [1.807, 2.05) is 6.92 Å². The van der Waals surface area contributed by atoms with Gasteiger partial charge in [-0.05, 0) is 19.3 Å². The number of hydrogen-bond donors (Lipinski definition) is 1. The quantitative estimate of drug-likeness (QED) is 0.647. The third kappa shape index (κ3) is 1.41. The fraction of sp³-hybridized carbons (Fsp3) is 0.778. The SMILES string of the molecule is CCC1C(=O)NCC(=O)N1C1CC1. The van der Waals surface area contributed by atoms with Crippen molar-refractivity contribution in [1.29, 1.82) is 0 Å². The molecular formula is C9H14N2O2. The van der Waals surface area contributed by atoms with E-state index in [9.17, 15) is 9.59 Å². The zero-order valence-corrected chi connectivity index (χ0v) is 7.75. The standard InChI is InChI=1S/C9H14N2O2/c1-2-7-9(13)10-5-8(12)11(7)6-3-4-6/h6-7H,2-5H2,1H3,(H,10,13). The first-order valence-corrected chi connectivity index (χ1v) is 4.83. The predicted molar refractivity (Wildman–Crippen MR) is 47.0 cm³/mol. The fourth-order valence-electron chi connectivity index (χ4n) is 1.86. The van der Waals surface area contributed by atoms with Crippen LogP contribution in [0.3, 0.4) is 0 Å². The van der Waals surface area contributed by atoms with Gasteiger partial charge in [-0.2, -0.15) is 0 Å². The number of nitrogens with zero attached hydrogens (tertiary/aromatic N) is 1. The lowest BCUT2D eigenvalue weighted by atomic mass is 10.1. The molecule has 1 saturated carbocycles. The summed E-state index contributed by atoms with van der Waals surface area (Å²) in [5, 5.41) is 2.62. The van der Waals surface area contributed by atoms with Crippen molar-refractivity contribution in [3.05, 3.63) is 0 Å². The Morgan fingerprint density at radius 2 is 2.15 bits per heavy atom. The van der Waals surface area contributed by atoms with Gasteiger partial charge in [-0.25, -0.2) is 0 Å². The van der Waals surface area contributed by atoms with Crippen molar-refractivity contribution in [2.24, 2.45) is 0 Å². The molecule has 2 rings (SSSR count). The summed E-state index contributed by atoms with van der Waals surface area (Å²) >= 11 is 0. The largest absolute Gasteiger partial charge is 0.345 e. The van der Waals surface area contributed by atoms with E-state index in [0.717, 1.165) is 12.8 Å². The number of carbonyl (C=O) groups is 2. The molecule has 1 heterocycles. The predicted octanol–water partition coefficient (Wildman–Crippen LogP) is -0.114. The van der Waals surface area contributed by atoms with Gasteiger partial charge in [0.25, 0.3) is 0 Å². The van der Waals surface area contributed by atoms with Gasteiger partial charge in [0.05, 0.1) is 6.54 Å². The molecule has 0 bridgehead atoms. The van der Waals surface area contributed by atoms with Gasteiger partial charge in [0.2, 0.25) is 11.8 Å². The van der Waals surface area contributed by atoms with Crippen LogP contribution < -0.4 is 5.32 Å². The number of nitrogens with one attached hydrogen (secondary N) is 1. The zero-order chi connectivity index (χ0) is 9.42. The Morgan fingerprint density at radius 1 is 1.46 bits per heavy atom. The van der Waals surface area contributed by atoms with Gasteiger partial charge < -0.3 is 10.2 Å². The van der Waals surface area contributed by atoms with Gasteiger partial charge >= 0.3 is 0 Å². The van der Waals surface area contributed by atoms with Crippen LogP contribution in [-0.2, 0) is 9.59 Å². The molecule has 4 heteroatoms. The van der Waals surface area contributed by atoms with Crippen LogP contribution >= 0.6 is 0 Å². The van der Waals surface area contributed by atoms with Gasteiger partial charge in [-0.15, -0.1) is 0 Å². The molecule has 1 unspecified atom stereocenters. The molecule has 0 aromatic carbocycles. The molecule has 1 atom stereocenters. The first kappa shape index (κ1) is 8.53. The zero-order valence-electron chi connectivity index (χ0n) is 7.75. The van der Waals surface area contributed by atoms with E-state index in [-0.39, 0.29) is 24.4 Å². The normalized spacial score (nSPS) is 29.0. The van der Waals surface area contributed by atoms with E-state index in [1.54, 1.807) is 4.90 Å². The van der Waals surface area contributed by atoms with Crippen LogP contribution in [0.15, 0.2) is 0 Å². The Morgan fingerprint density at radius 3 is 2.69 bits per heavy atom. The number of carbonyl (C=O) groups excluding carboxylic acids is 2. The van der Waals surface area contributed by atoms with Crippen LogP contribution in [0.5, 0.6) is 0 Å². The average molecular weight is 182 g/mol. The van der Waals surface area contributed by atoms with Crippen molar-refractivity contribution in [2.75, 3.05) is 6.54 Å². The lowest BCUT2D eigenvalue weighted by Crippen LogP contribution is -2.58. The lowest BCUT2D eigenvalue weighted by molar-refractivity contribution is -0.146. The topological polar surface area (TPSA) is 49.4 Å². The minimum absolute atomic E-state index is 0.00833. The summed E-state index contributed by atoms with van der Waals surface area (Å²) in [6.45, 7) is 2.13. The molecule has 72 valence electrons. The van der Waals surface area contributed by atoms with Crippen molar-refractivity contribution >= 4 is 11.8 Å². The van der Waals surface area contributed by atoms with Crippen LogP contribution in [-0.4, -0.2) is 35.3 Å². The molecule has 0 aromatic rings. The second-order valence-corrected chi connectivity index (χ2v) is 3.67. The van der Waals surface area contributed by atoms with Gasteiger partial charge in [0, 0.05) is 6.04 Å². The van der Waals surface area contributed by atoms with Crippen molar-refractivity contribution in [1.82, 2.24) is 10.2 Å². The lowest BCUT2D eigenvalue weighted by Gasteiger charge is -2.34. The third-order valence-corrected chi connectivity index (χ3v) is 2.67. The Kier molecular flexibility index (Phi) is 1.98. The van der Waals surface area contributed by atoms with Gasteiger partial charge in [0.15, 0.2) is 0 Å². The maximum absolute atomic E-state index is 11.5. The Balaban J connectivity index is 2.15. The van der Waals surface area contributed by atoms with Gasteiger partial charge in [0.1, 0.15) is 6.04 Å². The van der Waals surface area contributed by atoms with Crippen LogP contribution in [0.2, 0.25) is 0 Å². The summed E-state index contributed by atoms with van der Waals surface area (Å²) in [4.78, 5) is 24.7. The van der Waals surface area contributed by atoms with Gasteiger partial charge in [-0.1, -0.05) is 6.92 Å². The molecule has 1 aliphatic heterocycles. The summed E-state index contributed by atoms with van der Waals surface area (Å²) in [6.07, 6.45) is 2.85. The molecular weight excluding hydrogens is 168 g/mol. The number of amides is 2. The molecule has 0 radical (unpaired) electrons. The first-order valence-electron chi connectivity index (χ1n) is 4.83. The van der Waals surface area contributed by atoms with Crippen molar-refractivity contribution in [2.45, 2.75) is 38.3 Å². The van der Waals surface area contributed by atoms with Crippen LogP contribution in [0.1, 0.15) is 26.2 Å². The van der Waals surface area contributed by atoms with E-state index in [2.05, 4.69) is 5.32 Å². The minimum Gasteiger partial charge on any atom is -0.345 e. The highest BCUT2D eigenvalue weighted by molar-refractivity contribution is 5.95. The molecule has 2 amide bonds.